The molecule has 0 spiro atoms. The molecule has 0 saturated carbocycles. The predicted molar refractivity (Wildman–Crippen MR) is 127 cm³/mol. The number of phenolic OH excluding ortho intramolecular Hbond substituents is 1. The van der Waals surface area contributed by atoms with Crippen LogP contribution in [0.4, 0.5) is 0 Å². The van der Waals surface area contributed by atoms with Crippen LogP contribution in [0.3, 0.4) is 0 Å². The Bertz CT molecular complexity index is 1100. The minimum atomic E-state index is -2.27. The number of aryl methyl sites for hydroxylation is 1. The summed E-state index contributed by atoms with van der Waals surface area (Å²) in [7, 11) is 0. The predicted octanol–water partition coefficient (Wildman–Crippen LogP) is 2.17. The monoisotopic (exact) mass is 502 g/mol. The average Bonchev–Trinajstić information content (AvgIpc) is 3.25. The van der Waals surface area contributed by atoms with Crippen molar-refractivity contribution in [3.63, 3.8) is 0 Å². The number of carboxylic acids is 2. The molecule has 1 aromatic carbocycles. The number of aliphatic hydroxyl groups is 2. The third kappa shape index (κ3) is 9.02. The van der Waals surface area contributed by atoms with Gasteiger partial charge < -0.3 is 34.7 Å². The molecule has 0 aliphatic rings. The lowest BCUT2D eigenvalue weighted by atomic mass is 10.1. The molecule has 36 heavy (non-hydrogen) atoms. The molecular weight excluding hydrogens is 472 g/mol. The van der Waals surface area contributed by atoms with E-state index in [1.807, 2.05) is 56.3 Å². The molecule has 3 aromatic rings. The molecule has 0 aliphatic carbocycles. The first-order valence-electron chi connectivity index (χ1n) is 11.0. The molecule has 0 saturated heterocycles. The molecule has 2 unspecified atom stereocenters. The van der Waals surface area contributed by atoms with Crippen LogP contribution in [-0.2, 0) is 29.2 Å². The number of rotatable bonds is 11. The van der Waals surface area contributed by atoms with Crippen LogP contribution in [0, 0.1) is 6.92 Å². The fraction of sp³-hybridized carbons (Fsp3) is 0.320. The first kappa shape index (κ1) is 28.3. The lowest BCUT2D eigenvalue weighted by Crippen LogP contribution is -2.39. The van der Waals surface area contributed by atoms with Crippen molar-refractivity contribution in [2.24, 2.45) is 0 Å². The molecular formula is C25H30N2O9. The Kier molecular flexibility index (Phi) is 10.9. The summed E-state index contributed by atoms with van der Waals surface area (Å²) in [6, 6.07) is 15.4. The van der Waals surface area contributed by atoms with Gasteiger partial charge in [-0.2, -0.15) is 0 Å². The number of aliphatic carboxylic acids is 2. The molecule has 2 atom stereocenters. The fourth-order valence-electron chi connectivity index (χ4n) is 3.14. The van der Waals surface area contributed by atoms with Crippen molar-refractivity contribution >= 4 is 11.9 Å². The summed E-state index contributed by atoms with van der Waals surface area (Å²) in [5.41, 5.74) is 2.06. The second-order valence-corrected chi connectivity index (χ2v) is 7.78. The summed E-state index contributed by atoms with van der Waals surface area (Å²) in [4.78, 5) is 26.2. The van der Waals surface area contributed by atoms with E-state index in [1.165, 1.54) is 0 Å². The van der Waals surface area contributed by atoms with E-state index in [2.05, 4.69) is 9.88 Å². The van der Waals surface area contributed by atoms with Crippen LogP contribution in [0.2, 0.25) is 0 Å². The van der Waals surface area contributed by atoms with Crippen LogP contribution < -0.4 is 4.74 Å². The van der Waals surface area contributed by atoms with Crippen molar-refractivity contribution < 1.29 is 44.3 Å². The zero-order valence-electron chi connectivity index (χ0n) is 19.9. The highest BCUT2D eigenvalue weighted by Gasteiger charge is 2.29. The van der Waals surface area contributed by atoms with Gasteiger partial charge >= 0.3 is 11.9 Å². The van der Waals surface area contributed by atoms with Crippen molar-refractivity contribution in [2.45, 2.75) is 45.7 Å². The van der Waals surface area contributed by atoms with Gasteiger partial charge in [0.05, 0.1) is 18.8 Å². The number of carbonyl (C=O) groups is 2. The molecule has 194 valence electrons. The molecule has 3 rings (SSSR count). The van der Waals surface area contributed by atoms with Gasteiger partial charge in [0, 0.05) is 19.3 Å². The standard InChI is InChI=1S/C21H24N2O3.C4H6O6/c1-3-25-21-12-17(8-10-20(21)24)13-23(14-18-6-4-5-11-22-18)15-19-9-7-16(2)26-19;5-1(3(7)8)2(6)4(9)10/h4-12,24H,3,13-15H2,1-2H3;1-2,5-6H,(H,7,8)(H,9,10). The Hall–Kier alpha value is -3.93. The fourth-order valence-corrected chi connectivity index (χ4v) is 3.14. The van der Waals surface area contributed by atoms with E-state index >= 15 is 0 Å². The number of ether oxygens (including phenoxy) is 1. The van der Waals surface area contributed by atoms with E-state index in [9.17, 15) is 14.7 Å². The molecule has 0 radical (unpaired) electrons. The Morgan fingerprint density at radius 2 is 1.69 bits per heavy atom. The Morgan fingerprint density at radius 3 is 2.22 bits per heavy atom. The highest BCUT2D eigenvalue weighted by atomic mass is 16.5. The van der Waals surface area contributed by atoms with E-state index < -0.39 is 24.1 Å². The summed E-state index contributed by atoms with van der Waals surface area (Å²) in [6.07, 6.45) is -2.73. The third-order valence-corrected chi connectivity index (χ3v) is 4.82. The van der Waals surface area contributed by atoms with Crippen LogP contribution in [0.5, 0.6) is 11.5 Å². The number of furan rings is 1. The number of aliphatic hydroxyl groups excluding tert-OH is 2. The second kappa shape index (κ2) is 13.8. The topological polar surface area (TPSA) is 174 Å². The Morgan fingerprint density at radius 1 is 1.00 bits per heavy atom. The largest absolute Gasteiger partial charge is 0.504 e. The van der Waals surface area contributed by atoms with E-state index in [1.54, 1.807) is 12.3 Å². The maximum atomic E-state index is 9.91. The molecule has 11 nitrogen and oxygen atoms in total. The lowest BCUT2D eigenvalue weighted by Gasteiger charge is -2.21. The SMILES string of the molecule is CCOc1cc(CN(Cc2ccccn2)Cc2ccc(C)o2)ccc1O.O=C(O)C(O)C(O)C(=O)O. The van der Waals surface area contributed by atoms with Crippen molar-refractivity contribution in [3.8, 4) is 11.5 Å². The maximum absolute atomic E-state index is 9.91. The number of benzene rings is 1. The molecule has 2 heterocycles. The Balaban J connectivity index is 0.000000388. The average molecular weight is 503 g/mol. The van der Waals surface area contributed by atoms with Gasteiger partial charge in [-0.25, -0.2) is 9.59 Å². The molecule has 2 aromatic heterocycles. The highest BCUT2D eigenvalue weighted by molar-refractivity contribution is 5.83. The minimum absolute atomic E-state index is 0.161. The smallest absolute Gasteiger partial charge is 0.335 e. The van der Waals surface area contributed by atoms with E-state index in [0.717, 1.165) is 22.8 Å². The second-order valence-electron chi connectivity index (χ2n) is 7.78. The number of hydrogen-bond acceptors (Lipinski definition) is 9. The van der Waals surface area contributed by atoms with E-state index in [0.29, 0.717) is 32.0 Å². The molecule has 0 bridgehead atoms. The normalized spacial score (nSPS) is 12.4. The van der Waals surface area contributed by atoms with Crippen LogP contribution in [0.1, 0.15) is 29.7 Å². The lowest BCUT2D eigenvalue weighted by molar-refractivity contribution is -0.165. The highest BCUT2D eigenvalue weighted by Crippen LogP contribution is 2.28. The number of hydrogen-bond donors (Lipinski definition) is 5. The van der Waals surface area contributed by atoms with Crippen molar-refractivity contribution in [1.82, 2.24) is 9.88 Å². The van der Waals surface area contributed by atoms with Crippen LogP contribution in [-0.4, -0.2) is 66.2 Å². The van der Waals surface area contributed by atoms with Gasteiger partial charge in [0.15, 0.2) is 23.7 Å². The number of aromatic hydroxyl groups is 1. The van der Waals surface area contributed by atoms with Crippen LogP contribution in [0.15, 0.2) is 59.1 Å². The van der Waals surface area contributed by atoms with Crippen molar-refractivity contribution in [2.75, 3.05) is 6.61 Å². The molecule has 11 heteroatoms. The number of nitrogens with zero attached hydrogens (tertiary/aromatic N) is 2. The van der Waals surface area contributed by atoms with E-state index in [-0.39, 0.29) is 5.75 Å². The number of carboxylic acid groups (broad SMARTS) is 2. The van der Waals surface area contributed by atoms with Crippen molar-refractivity contribution in [3.05, 3.63) is 77.5 Å². The number of aromatic nitrogens is 1. The summed E-state index contributed by atoms with van der Waals surface area (Å²) in [5, 5.41) is 42.4. The van der Waals surface area contributed by atoms with Gasteiger partial charge in [0.25, 0.3) is 0 Å². The molecule has 0 fully saturated rings. The number of phenols is 1. The van der Waals surface area contributed by atoms with Gasteiger partial charge in [-0.15, -0.1) is 0 Å². The van der Waals surface area contributed by atoms with Crippen LogP contribution in [0.25, 0.3) is 0 Å². The van der Waals surface area contributed by atoms with E-state index in [4.69, 9.17) is 29.6 Å². The first-order valence-corrected chi connectivity index (χ1v) is 11.0. The zero-order chi connectivity index (χ0) is 26.7. The molecule has 5 N–H and O–H groups in total. The van der Waals surface area contributed by atoms with Gasteiger partial charge in [-0.1, -0.05) is 12.1 Å². The van der Waals surface area contributed by atoms with Gasteiger partial charge in [0.1, 0.15) is 11.5 Å². The third-order valence-electron chi connectivity index (χ3n) is 4.82. The quantitative estimate of drug-likeness (QED) is 0.260. The minimum Gasteiger partial charge on any atom is -0.504 e. The van der Waals surface area contributed by atoms with Gasteiger partial charge in [-0.05, 0) is 55.8 Å². The number of pyridine rings is 1. The first-order chi connectivity index (χ1) is 17.1. The zero-order valence-corrected chi connectivity index (χ0v) is 19.9. The Labute approximate surface area is 207 Å². The summed E-state index contributed by atoms with van der Waals surface area (Å²) < 4.78 is 11.2. The summed E-state index contributed by atoms with van der Waals surface area (Å²) in [6.45, 7) is 6.43. The molecule has 0 aliphatic heterocycles. The molecule has 0 amide bonds. The van der Waals surface area contributed by atoms with Crippen LogP contribution >= 0.6 is 0 Å². The summed E-state index contributed by atoms with van der Waals surface area (Å²) >= 11 is 0. The van der Waals surface area contributed by atoms with Gasteiger partial charge in [-0.3, -0.25) is 9.88 Å². The maximum Gasteiger partial charge on any atom is 0.335 e. The van der Waals surface area contributed by atoms with Gasteiger partial charge in [0.2, 0.25) is 0 Å². The summed E-state index contributed by atoms with van der Waals surface area (Å²) in [5.74, 6) is -1.04. The van der Waals surface area contributed by atoms with Crippen molar-refractivity contribution in [1.29, 1.82) is 0 Å².